The highest BCUT2D eigenvalue weighted by molar-refractivity contribution is 7.22. The topological polar surface area (TPSA) is 54.3 Å². The molecule has 0 spiro atoms. The number of amides is 1. The molecule has 0 radical (unpaired) electrons. The molecule has 0 unspecified atom stereocenters. The van der Waals surface area contributed by atoms with E-state index in [4.69, 9.17) is 4.98 Å². The molecule has 0 bridgehead atoms. The highest BCUT2D eigenvalue weighted by atomic mass is 35.5. The van der Waals surface area contributed by atoms with Gasteiger partial charge in [-0.25, -0.2) is 4.98 Å². The molecular weight excluding hydrogens is 382 g/mol. The van der Waals surface area contributed by atoms with Crippen molar-refractivity contribution in [2.45, 2.75) is 20.3 Å². The fraction of sp³-hybridized carbons (Fsp3) is 0.421. The van der Waals surface area contributed by atoms with Crippen LogP contribution < -0.4 is 4.90 Å². The van der Waals surface area contributed by atoms with E-state index in [9.17, 15) is 4.79 Å². The highest BCUT2D eigenvalue weighted by Gasteiger charge is 2.25. The standard InChI is InChI=1S/C19H25N5OS.ClH/c1-13-7-8-15-16(11-13)26-19(21-15)24(10-6-9-22(3)4)18(25)17-14(2)12-20-23(17)5;/h7-8,11-12H,6,9-10H2,1-5H3;1H. The summed E-state index contributed by atoms with van der Waals surface area (Å²) < 4.78 is 2.75. The Morgan fingerprint density at radius 2 is 1.96 bits per heavy atom. The van der Waals surface area contributed by atoms with Gasteiger partial charge in [0.05, 0.1) is 16.4 Å². The largest absolute Gasteiger partial charge is 0.309 e. The molecule has 2 heterocycles. The van der Waals surface area contributed by atoms with Gasteiger partial charge in [-0.05, 0) is 64.2 Å². The zero-order chi connectivity index (χ0) is 18.8. The van der Waals surface area contributed by atoms with Gasteiger partial charge in [0.1, 0.15) is 5.69 Å². The summed E-state index contributed by atoms with van der Waals surface area (Å²) in [5.41, 5.74) is 3.63. The molecule has 8 heteroatoms. The third kappa shape index (κ3) is 4.66. The van der Waals surface area contributed by atoms with Crippen molar-refractivity contribution in [3.05, 3.63) is 41.2 Å². The summed E-state index contributed by atoms with van der Waals surface area (Å²) in [7, 11) is 5.88. The number of aromatic nitrogens is 3. The first kappa shape index (κ1) is 21.3. The molecular formula is C19H26ClN5OS. The van der Waals surface area contributed by atoms with Crippen LogP contribution in [0.4, 0.5) is 5.13 Å². The lowest BCUT2D eigenvalue weighted by molar-refractivity contribution is 0.0976. The van der Waals surface area contributed by atoms with E-state index in [2.05, 4.69) is 29.1 Å². The van der Waals surface area contributed by atoms with Crippen molar-refractivity contribution in [3.8, 4) is 0 Å². The molecule has 0 saturated heterocycles. The summed E-state index contributed by atoms with van der Waals surface area (Å²) in [5.74, 6) is -0.0444. The Kier molecular flexibility index (Phi) is 6.97. The fourth-order valence-corrected chi connectivity index (χ4v) is 4.03. The summed E-state index contributed by atoms with van der Waals surface area (Å²) in [6.07, 6.45) is 2.61. The summed E-state index contributed by atoms with van der Waals surface area (Å²) in [6, 6.07) is 6.19. The lowest BCUT2D eigenvalue weighted by Crippen LogP contribution is -2.35. The van der Waals surface area contributed by atoms with Crippen molar-refractivity contribution in [2.24, 2.45) is 7.05 Å². The lowest BCUT2D eigenvalue weighted by Gasteiger charge is -2.21. The van der Waals surface area contributed by atoms with Gasteiger partial charge in [-0.1, -0.05) is 17.4 Å². The Hall–Kier alpha value is -1.96. The number of hydrogen-bond donors (Lipinski definition) is 0. The van der Waals surface area contributed by atoms with Crippen LogP contribution in [-0.2, 0) is 7.05 Å². The minimum absolute atomic E-state index is 0. The number of aryl methyl sites for hydroxylation is 3. The normalized spacial score (nSPS) is 11.0. The van der Waals surface area contributed by atoms with Crippen molar-refractivity contribution in [2.75, 3.05) is 32.1 Å². The molecule has 0 aliphatic rings. The Labute approximate surface area is 170 Å². The van der Waals surface area contributed by atoms with Gasteiger partial charge in [0.2, 0.25) is 0 Å². The van der Waals surface area contributed by atoms with Crippen LogP contribution in [0.15, 0.2) is 24.4 Å². The smallest absolute Gasteiger partial charge is 0.278 e. The number of fused-ring (bicyclic) bond motifs is 1. The van der Waals surface area contributed by atoms with E-state index in [-0.39, 0.29) is 18.3 Å². The monoisotopic (exact) mass is 407 g/mol. The Balaban J connectivity index is 0.00000261. The number of nitrogens with zero attached hydrogens (tertiary/aromatic N) is 5. The second-order valence-corrected chi connectivity index (χ2v) is 7.89. The van der Waals surface area contributed by atoms with Gasteiger partial charge in [0.25, 0.3) is 5.91 Å². The van der Waals surface area contributed by atoms with Gasteiger partial charge in [-0.2, -0.15) is 5.10 Å². The molecule has 146 valence electrons. The highest BCUT2D eigenvalue weighted by Crippen LogP contribution is 2.30. The number of thiazole rings is 1. The molecule has 0 atom stereocenters. The second kappa shape index (κ2) is 8.82. The van der Waals surface area contributed by atoms with Crippen LogP contribution in [0.1, 0.15) is 28.0 Å². The van der Waals surface area contributed by atoms with E-state index in [1.54, 1.807) is 34.2 Å². The summed E-state index contributed by atoms with van der Waals surface area (Å²) >= 11 is 1.57. The van der Waals surface area contributed by atoms with E-state index in [1.165, 1.54) is 5.56 Å². The average Bonchev–Trinajstić information content (AvgIpc) is 3.13. The molecule has 1 aromatic carbocycles. The van der Waals surface area contributed by atoms with Gasteiger partial charge in [-0.3, -0.25) is 14.4 Å². The van der Waals surface area contributed by atoms with Crippen molar-refractivity contribution in [1.29, 1.82) is 0 Å². The molecule has 0 aliphatic carbocycles. The maximum atomic E-state index is 13.3. The van der Waals surface area contributed by atoms with Crippen molar-refractivity contribution in [3.63, 3.8) is 0 Å². The Morgan fingerprint density at radius 3 is 2.59 bits per heavy atom. The van der Waals surface area contributed by atoms with Crippen LogP contribution in [0.25, 0.3) is 10.2 Å². The summed E-state index contributed by atoms with van der Waals surface area (Å²) in [4.78, 5) is 21.9. The molecule has 27 heavy (non-hydrogen) atoms. The number of hydrogen-bond acceptors (Lipinski definition) is 5. The number of rotatable bonds is 6. The zero-order valence-electron chi connectivity index (χ0n) is 16.4. The fourth-order valence-electron chi connectivity index (χ4n) is 2.95. The van der Waals surface area contributed by atoms with Crippen LogP contribution in [0, 0.1) is 13.8 Å². The number of halogens is 1. The lowest BCUT2D eigenvalue weighted by atomic mass is 10.2. The second-order valence-electron chi connectivity index (χ2n) is 6.88. The van der Waals surface area contributed by atoms with Crippen molar-refractivity contribution < 1.29 is 4.79 Å². The molecule has 0 saturated carbocycles. The van der Waals surface area contributed by atoms with Crippen molar-refractivity contribution >= 4 is 45.0 Å². The number of carbonyl (C=O) groups is 1. The maximum Gasteiger partial charge on any atom is 0.278 e. The minimum Gasteiger partial charge on any atom is -0.309 e. The van der Waals surface area contributed by atoms with Gasteiger partial charge in [-0.15, -0.1) is 12.4 Å². The van der Waals surface area contributed by atoms with Gasteiger partial charge in [0.15, 0.2) is 5.13 Å². The van der Waals surface area contributed by atoms with Crippen LogP contribution in [-0.4, -0.2) is 52.8 Å². The number of anilines is 1. The van der Waals surface area contributed by atoms with E-state index >= 15 is 0 Å². The van der Waals surface area contributed by atoms with E-state index in [0.29, 0.717) is 12.2 Å². The number of carbonyl (C=O) groups excluding carboxylic acids is 1. The predicted molar refractivity (Wildman–Crippen MR) is 114 cm³/mol. The third-order valence-electron chi connectivity index (χ3n) is 4.32. The van der Waals surface area contributed by atoms with Gasteiger partial charge < -0.3 is 4.90 Å². The van der Waals surface area contributed by atoms with E-state index in [1.807, 2.05) is 27.1 Å². The Morgan fingerprint density at radius 1 is 1.22 bits per heavy atom. The molecule has 1 amide bonds. The molecule has 0 aliphatic heterocycles. The predicted octanol–water partition coefficient (Wildman–Crippen LogP) is 3.67. The van der Waals surface area contributed by atoms with E-state index in [0.717, 1.165) is 33.9 Å². The van der Waals surface area contributed by atoms with Crippen LogP contribution in [0.5, 0.6) is 0 Å². The number of benzene rings is 1. The quantitative estimate of drug-likeness (QED) is 0.625. The average molecular weight is 408 g/mol. The van der Waals surface area contributed by atoms with Gasteiger partial charge in [0, 0.05) is 13.6 Å². The molecule has 3 rings (SSSR count). The molecule has 6 nitrogen and oxygen atoms in total. The van der Waals surface area contributed by atoms with Crippen LogP contribution >= 0.6 is 23.7 Å². The zero-order valence-corrected chi connectivity index (χ0v) is 18.0. The molecule has 2 aromatic heterocycles. The molecule has 0 fully saturated rings. The first-order valence-electron chi connectivity index (χ1n) is 8.69. The maximum absolute atomic E-state index is 13.3. The molecule has 0 N–H and O–H groups in total. The minimum atomic E-state index is -0.0444. The van der Waals surface area contributed by atoms with Crippen molar-refractivity contribution in [1.82, 2.24) is 19.7 Å². The SMILES string of the molecule is Cc1ccc2nc(N(CCCN(C)C)C(=O)c3c(C)cnn3C)sc2c1.Cl. The summed E-state index contributed by atoms with van der Waals surface area (Å²) in [5, 5.41) is 4.97. The van der Waals surface area contributed by atoms with Crippen LogP contribution in [0.2, 0.25) is 0 Å². The van der Waals surface area contributed by atoms with Crippen LogP contribution in [0.3, 0.4) is 0 Å². The molecule has 3 aromatic rings. The Bertz CT molecular complexity index is 914. The third-order valence-corrected chi connectivity index (χ3v) is 5.36. The van der Waals surface area contributed by atoms with E-state index < -0.39 is 0 Å². The summed E-state index contributed by atoms with van der Waals surface area (Å²) in [6.45, 7) is 5.52. The van der Waals surface area contributed by atoms with Gasteiger partial charge >= 0.3 is 0 Å². The first-order chi connectivity index (χ1) is 12.4. The first-order valence-corrected chi connectivity index (χ1v) is 9.51.